The number of benzene rings is 2. The first-order valence-corrected chi connectivity index (χ1v) is 8.30. The van der Waals surface area contributed by atoms with Gasteiger partial charge >= 0.3 is 0 Å². The molecule has 134 valence electrons. The maximum absolute atomic E-state index is 12.2. The molecule has 0 atom stereocenters. The number of carbonyl (C=O) groups excluding carboxylic acids is 1. The molecule has 0 radical (unpaired) electrons. The van der Waals surface area contributed by atoms with Crippen molar-refractivity contribution in [3.63, 3.8) is 0 Å². The average molecular weight is 351 g/mol. The van der Waals surface area contributed by atoms with Gasteiger partial charge in [0.25, 0.3) is 0 Å². The molecule has 0 spiro atoms. The van der Waals surface area contributed by atoms with Crippen LogP contribution in [-0.2, 0) is 11.2 Å². The topological polar surface area (TPSA) is 65.4 Å². The van der Waals surface area contributed by atoms with Gasteiger partial charge in [-0.25, -0.2) is 4.68 Å². The van der Waals surface area contributed by atoms with E-state index in [4.69, 9.17) is 9.47 Å². The van der Waals surface area contributed by atoms with Crippen LogP contribution in [0, 0.1) is 0 Å². The fraction of sp³-hybridized carbons (Fsp3) is 0.200. The van der Waals surface area contributed by atoms with Crippen molar-refractivity contribution in [3.8, 4) is 17.2 Å². The summed E-state index contributed by atoms with van der Waals surface area (Å²) < 4.78 is 12.2. The summed E-state index contributed by atoms with van der Waals surface area (Å²) in [5.74, 6) is 1.18. The minimum atomic E-state index is -0.0761. The van der Waals surface area contributed by atoms with Gasteiger partial charge in [0.15, 0.2) is 0 Å². The lowest BCUT2D eigenvalue weighted by Crippen LogP contribution is -2.12. The Kier molecular flexibility index (Phi) is 5.53. The van der Waals surface area contributed by atoms with Gasteiger partial charge in [-0.15, -0.1) is 0 Å². The summed E-state index contributed by atoms with van der Waals surface area (Å²) >= 11 is 0. The predicted molar refractivity (Wildman–Crippen MR) is 100 cm³/mol. The Morgan fingerprint density at radius 2 is 1.77 bits per heavy atom. The maximum atomic E-state index is 12.2. The van der Waals surface area contributed by atoms with Crippen LogP contribution in [0.25, 0.3) is 5.69 Å². The van der Waals surface area contributed by atoms with E-state index >= 15 is 0 Å². The number of anilines is 1. The van der Waals surface area contributed by atoms with E-state index in [0.29, 0.717) is 30.0 Å². The van der Waals surface area contributed by atoms with Crippen molar-refractivity contribution < 1.29 is 14.3 Å². The smallest absolute Gasteiger partial charge is 0.224 e. The summed E-state index contributed by atoms with van der Waals surface area (Å²) in [7, 11) is 3.15. The molecule has 0 aliphatic heterocycles. The van der Waals surface area contributed by atoms with Crippen molar-refractivity contribution in [1.29, 1.82) is 0 Å². The van der Waals surface area contributed by atoms with Gasteiger partial charge in [-0.1, -0.05) is 18.2 Å². The Balaban J connectivity index is 1.59. The second-order valence-electron chi connectivity index (χ2n) is 5.78. The summed E-state index contributed by atoms with van der Waals surface area (Å²) in [4.78, 5) is 12.2. The number of carbonyl (C=O) groups is 1. The van der Waals surface area contributed by atoms with Crippen LogP contribution in [0.3, 0.4) is 0 Å². The SMILES string of the molecule is COc1cc(NC(=O)CCc2cnn(-c3ccccc3)c2)cc(OC)c1. The molecule has 1 aromatic heterocycles. The number of amides is 1. The molecule has 1 amide bonds. The van der Waals surface area contributed by atoms with Crippen molar-refractivity contribution >= 4 is 11.6 Å². The zero-order valence-electron chi connectivity index (χ0n) is 14.8. The van der Waals surface area contributed by atoms with Crippen molar-refractivity contribution in [3.05, 3.63) is 66.5 Å². The molecular formula is C20H21N3O3. The zero-order chi connectivity index (χ0) is 18.4. The minimum Gasteiger partial charge on any atom is -0.497 e. The molecule has 0 fully saturated rings. The highest BCUT2D eigenvalue weighted by Crippen LogP contribution is 2.25. The summed E-state index contributed by atoms with van der Waals surface area (Å²) in [6, 6.07) is 15.1. The van der Waals surface area contributed by atoms with Crippen LogP contribution in [0.5, 0.6) is 11.5 Å². The third kappa shape index (κ3) is 4.42. The van der Waals surface area contributed by atoms with Gasteiger partial charge in [0.1, 0.15) is 11.5 Å². The molecule has 6 heteroatoms. The van der Waals surface area contributed by atoms with Crippen LogP contribution in [0.2, 0.25) is 0 Å². The summed E-state index contributed by atoms with van der Waals surface area (Å²) in [5, 5.41) is 7.22. The standard InChI is InChI=1S/C20H21N3O3/c1-25-18-10-16(11-19(12-18)26-2)22-20(24)9-8-15-13-21-23(14-15)17-6-4-3-5-7-17/h3-7,10-14H,8-9H2,1-2H3,(H,22,24). The predicted octanol–water partition coefficient (Wildman–Crippen LogP) is 3.46. The van der Waals surface area contributed by atoms with Gasteiger partial charge in [-0.2, -0.15) is 5.10 Å². The fourth-order valence-corrected chi connectivity index (χ4v) is 2.57. The van der Waals surface area contributed by atoms with Crippen LogP contribution in [0.4, 0.5) is 5.69 Å². The number of para-hydroxylation sites is 1. The van der Waals surface area contributed by atoms with E-state index in [9.17, 15) is 4.79 Å². The molecule has 1 heterocycles. The second kappa shape index (κ2) is 8.20. The minimum absolute atomic E-state index is 0.0761. The highest BCUT2D eigenvalue weighted by Gasteiger charge is 2.08. The first-order chi connectivity index (χ1) is 12.7. The van der Waals surface area contributed by atoms with E-state index in [1.54, 1.807) is 43.3 Å². The number of nitrogens with one attached hydrogen (secondary N) is 1. The number of methoxy groups -OCH3 is 2. The first kappa shape index (κ1) is 17.5. The Labute approximate surface area is 152 Å². The lowest BCUT2D eigenvalue weighted by Gasteiger charge is -2.09. The third-order valence-corrected chi connectivity index (χ3v) is 3.93. The van der Waals surface area contributed by atoms with Crippen LogP contribution in [-0.4, -0.2) is 29.9 Å². The zero-order valence-corrected chi connectivity index (χ0v) is 14.8. The third-order valence-electron chi connectivity index (χ3n) is 3.93. The number of rotatable bonds is 7. The van der Waals surface area contributed by atoms with Crippen molar-refractivity contribution in [2.75, 3.05) is 19.5 Å². The van der Waals surface area contributed by atoms with Crippen LogP contribution in [0.15, 0.2) is 60.9 Å². The fourth-order valence-electron chi connectivity index (χ4n) is 2.57. The van der Waals surface area contributed by atoms with Crippen LogP contribution in [0.1, 0.15) is 12.0 Å². The van der Waals surface area contributed by atoms with E-state index in [2.05, 4.69) is 10.4 Å². The molecule has 26 heavy (non-hydrogen) atoms. The number of aromatic nitrogens is 2. The van der Waals surface area contributed by atoms with Gasteiger partial charge in [0.05, 0.1) is 26.1 Å². The number of nitrogens with zero attached hydrogens (tertiary/aromatic N) is 2. The van der Waals surface area contributed by atoms with Crippen molar-refractivity contribution in [1.82, 2.24) is 9.78 Å². The highest BCUT2D eigenvalue weighted by molar-refractivity contribution is 5.91. The molecule has 0 aliphatic carbocycles. The molecular weight excluding hydrogens is 330 g/mol. The van der Waals surface area contributed by atoms with E-state index < -0.39 is 0 Å². The van der Waals surface area contributed by atoms with Gasteiger partial charge in [0, 0.05) is 36.5 Å². The molecule has 0 aliphatic rings. The molecule has 6 nitrogen and oxygen atoms in total. The molecule has 3 rings (SSSR count). The van der Waals surface area contributed by atoms with Gasteiger partial charge in [0.2, 0.25) is 5.91 Å². The van der Waals surface area contributed by atoms with Crippen LogP contribution < -0.4 is 14.8 Å². The Bertz CT molecular complexity index is 853. The van der Waals surface area contributed by atoms with Crippen molar-refractivity contribution in [2.45, 2.75) is 12.8 Å². The van der Waals surface area contributed by atoms with Gasteiger partial charge < -0.3 is 14.8 Å². The van der Waals surface area contributed by atoms with E-state index in [0.717, 1.165) is 11.3 Å². The molecule has 2 aromatic carbocycles. The van der Waals surface area contributed by atoms with Gasteiger partial charge in [-0.3, -0.25) is 4.79 Å². The van der Waals surface area contributed by atoms with Crippen molar-refractivity contribution in [2.24, 2.45) is 0 Å². The van der Waals surface area contributed by atoms with Gasteiger partial charge in [-0.05, 0) is 24.1 Å². The van der Waals surface area contributed by atoms with E-state index in [-0.39, 0.29) is 5.91 Å². The lowest BCUT2D eigenvalue weighted by atomic mass is 10.2. The molecule has 0 bridgehead atoms. The normalized spacial score (nSPS) is 10.4. The first-order valence-electron chi connectivity index (χ1n) is 8.30. The molecule has 0 saturated carbocycles. The van der Waals surface area contributed by atoms with E-state index in [1.165, 1.54) is 0 Å². The molecule has 0 unspecified atom stereocenters. The monoisotopic (exact) mass is 351 g/mol. The number of aryl methyl sites for hydroxylation is 1. The number of hydrogen-bond donors (Lipinski definition) is 1. The lowest BCUT2D eigenvalue weighted by molar-refractivity contribution is -0.116. The van der Waals surface area contributed by atoms with E-state index in [1.807, 2.05) is 36.5 Å². The second-order valence-corrected chi connectivity index (χ2v) is 5.78. The number of hydrogen-bond acceptors (Lipinski definition) is 4. The highest BCUT2D eigenvalue weighted by atomic mass is 16.5. The number of ether oxygens (including phenoxy) is 2. The Morgan fingerprint density at radius 3 is 2.42 bits per heavy atom. The molecule has 0 saturated heterocycles. The van der Waals surface area contributed by atoms with Crippen LogP contribution >= 0.6 is 0 Å². The largest absolute Gasteiger partial charge is 0.497 e. The average Bonchev–Trinajstić information content (AvgIpc) is 3.16. The maximum Gasteiger partial charge on any atom is 0.224 e. The Hall–Kier alpha value is -3.28. The summed E-state index contributed by atoms with van der Waals surface area (Å²) in [6.07, 6.45) is 4.70. The summed E-state index contributed by atoms with van der Waals surface area (Å²) in [5.41, 5.74) is 2.64. The molecule has 3 aromatic rings. The molecule has 1 N–H and O–H groups in total. The quantitative estimate of drug-likeness (QED) is 0.708. The Morgan fingerprint density at radius 1 is 1.08 bits per heavy atom. The summed E-state index contributed by atoms with van der Waals surface area (Å²) in [6.45, 7) is 0.